The van der Waals surface area contributed by atoms with Gasteiger partial charge in [-0.05, 0) is 18.4 Å². The Hall–Kier alpha value is -1.35. The Morgan fingerprint density at radius 1 is 0.676 bits per heavy atom. The second-order valence-electron chi connectivity index (χ2n) is 10.2. The van der Waals surface area contributed by atoms with E-state index >= 15 is 0 Å². The van der Waals surface area contributed by atoms with Gasteiger partial charge in [0.25, 0.3) is 0 Å². The molecule has 1 N–H and O–H groups in total. The molecule has 0 aliphatic rings. The molecule has 0 aliphatic heterocycles. The number of aliphatic carboxylic acids is 1. The second-order valence-corrected chi connectivity index (χ2v) is 10.2. The molecule has 1 aromatic carbocycles. The summed E-state index contributed by atoms with van der Waals surface area (Å²) in [5.74, 6) is -1.07. The molecule has 0 heterocycles. The molecule has 0 saturated heterocycles. The van der Waals surface area contributed by atoms with Gasteiger partial charge in [-0.25, -0.2) is 0 Å². The number of hydrogen-bond acceptors (Lipinski definition) is 2. The van der Waals surface area contributed by atoms with E-state index < -0.39 is 11.9 Å². The van der Waals surface area contributed by atoms with Gasteiger partial charge < -0.3 is 9.84 Å². The largest absolute Gasteiger partial charge is 0.481 e. The topological polar surface area (TPSA) is 46.5 Å². The number of carboxylic acids is 1. The molecule has 196 valence electrons. The molecule has 0 bridgehead atoms. The van der Waals surface area contributed by atoms with Gasteiger partial charge in [0, 0.05) is 0 Å². The van der Waals surface area contributed by atoms with Crippen molar-refractivity contribution in [2.75, 3.05) is 0 Å². The van der Waals surface area contributed by atoms with Crippen molar-refractivity contribution >= 4 is 5.97 Å². The summed E-state index contributed by atoms with van der Waals surface area (Å²) in [6, 6.07) is 10.2. The van der Waals surface area contributed by atoms with Gasteiger partial charge in [0.15, 0.2) is 0 Å². The fourth-order valence-electron chi connectivity index (χ4n) is 4.80. The molecule has 0 unspecified atom stereocenters. The van der Waals surface area contributed by atoms with E-state index in [1.807, 2.05) is 18.2 Å². The fourth-order valence-corrected chi connectivity index (χ4v) is 4.80. The quantitative estimate of drug-likeness (QED) is 0.152. The highest BCUT2D eigenvalue weighted by molar-refractivity contribution is 5.70. The summed E-state index contributed by atoms with van der Waals surface area (Å²) in [7, 11) is 0. The zero-order valence-corrected chi connectivity index (χ0v) is 22.4. The van der Waals surface area contributed by atoms with Gasteiger partial charge in [-0.1, -0.05) is 153 Å². The molecule has 34 heavy (non-hydrogen) atoms. The summed E-state index contributed by atoms with van der Waals surface area (Å²) >= 11 is 0. The van der Waals surface area contributed by atoms with Crippen molar-refractivity contribution in [1.29, 1.82) is 0 Å². The first-order chi connectivity index (χ1) is 16.7. The van der Waals surface area contributed by atoms with Gasteiger partial charge in [0.2, 0.25) is 0 Å². The van der Waals surface area contributed by atoms with Crippen molar-refractivity contribution in [2.24, 2.45) is 5.92 Å². The number of ether oxygens (including phenoxy) is 1. The van der Waals surface area contributed by atoms with E-state index in [1.54, 1.807) is 0 Å². The molecule has 0 aromatic heterocycles. The smallest absolute Gasteiger partial charge is 0.309 e. The van der Waals surface area contributed by atoms with Gasteiger partial charge in [0.05, 0.1) is 18.6 Å². The summed E-state index contributed by atoms with van der Waals surface area (Å²) in [6.45, 7) is 5.01. The highest BCUT2D eigenvalue weighted by Gasteiger charge is 2.28. The minimum absolute atomic E-state index is 0.188. The van der Waals surface area contributed by atoms with Gasteiger partial charge >= 0.3 is 5.97 Å². The van der Waals surface area contributed by atoms with Gasteiger partial charge in [-0.2, -0.15) is 0 Å². The van der Waals surface area contributed by atoms with Crippen LogP contribution in [0.2, 0.25) is 0 Å². The molecule has 0 saturated carbocycles. The van der Waals surface area contributed by atoms with Crippen LogP contribution in [0.3, 0.4) is 0 Å². The standard InChI is InChI=1S/C31H54O3/c1-3-5-7-9-11-13-15-17-22-26-30(34-27-28-23-19-18-20-24-28)29(31(32)33)25-21-16-14-12-10-8-6-4-2/h18-20,23-24,29-30H,3-17,21-22,25-27H2,1-2H3,(H,32,33)/t29-,30-/m0/s1. The molecule has 3 heteroatoms. The maximum atomic E-state index is 12.2. The Balaban J connectivity index is 2.43. The number of unbranched alkanes of at least 4 members (excludes halogenated alkanes) is 15. The lowest BCUT2D eigenvalue weighted by Crippen LogP contribution is -2.31. The predicted octanol–water partition coefficient (Wildman–Crippen LogP) is 9.72. The number of carbonyl (C=O) groups is 1. The lowest BCUT2D eigenvalue weighted by molar-refractivity contribution is -0.149. The fraction of sp³-hybridized carbons (Fsp3) is 0.774. The molecule has 3 nitrogen and oxygen atoms in total. The number of carboxylic acid groups (broad SMARTS) is 1. The third-order valence-electron chi connectivity index (χ3n) is 7.03. The zero-order chi connectivity index (χ0) is 24.7. The maximum Gasteiger partial charge on any atom is 0.309 e. The van der Waals surface area contributed by atoms with Crippen molar-refractivity contribution in [1.82, 2.24) is 0 Å². The van der Waals surface area contributed by atoms with Crippen LogP contribution in [0.1, 0.15) is 141 Å². The van der Waals surface area contributed by atoms with Crippen LogP contribution < -0.4 is 0 Å². The minimum Gasteiger partial charge on any atom is -0.481 e. The van der Waals surface area contributed by atoms with Gasteiger partial charge in [0.1, 0.15) is 0 Å². The van der Waals surface area contributed by atoms with Crippen LogP contribution in [0.4, 0.5) is 0 Å². The van der Waals surface area contributed by atoms with Crippen LogP contribution in [0.15, 0.2) is 30.3 Å². The third-order valence-corrected chi connectivity index (χ3v) is 7.03. The van der Waals surface area contributed by atoms with Gasteiger partial charge in [-0.15, -0.1) is 0 Å². The minimum atomic E-state index is -0.683. The van der Waals surface area contributed by atoms with Crippen LogP contribution in [0.5, 0.6) is 0 Å². The molecule has 2 atom stereocenters. The van der Waals surface area contributed by atoms with Crippen LogP contribution >= 0.6 is 0 Å². The normalized spacial score (nSPS) is 13.1. The van der Waals surface area contributed by atoms with Gasteiger partial charge in [-0.3, -0.25) is 4.79 Å². The first kappa shape index (κ1) is 30.7. The third kappa shape index (κ3) is 16.3. The lowest BCUT2D eigenvalue weighted by Gasteiger charge is -2.25. The molecule has 0 aliphatic carbocycles. The summed E-state index contributed by atoms with van der Waals surface area (Å²) in [5.41, 5.74) is 1.12. The van der Waals surface area contributed by atoms with Crippen molar-refractivity contribution in [3.8, 4) is 0 Å². The monoisotopic (exact) mass is 474 g/mol. The van der Waals surface area contributed by atoms with Crippen molar-refractivity contribution < 1.29 is 14.6 Å². The molecule has 0 radical (unpaired) electrons. The average molecular weight is 475 g/mol. The Morgan fingerprint density at radius 3 is 1.59 bits per heavy atom. The summed E-state index contributed by atoms with van der Waals surface area (Å²) in [4.78, 5) is 12.2. The zero-order valence-electron chi connectivity index (χ0n) is 22.4. The number of benzene rings is 1. The molecule has 0 spiro atoms. The van der Waals surface area contributed by atoms with E-state index in [-0.39, 0.29) is 6.10 Å². The lowest BCUT2D eigenvalue weighted by atomic mass is 9.91. The Kier molecular flexibility index (Phi) is 20.0. The molecule has 1 rings (SSSR count). The molecular formula is C31H54O3. The first-order valence-electron chi connectivity index (χ1n) is 14.6. The van der Waals surface area contributed by atoms with E-state index in [2.05, 4.69) is 26.0 Å². The predicted molar refractivity (Wildman–Crippen MR) is 145 cm³/mol. The average Bonchev–Trinajstić information content (AvgIpc) is 2.85. The van der Waals surface area contributed by atoms with Crippen LogP contribution in [-0.2, 0) is 16.1 Å². The summed E-state index contributed by atoms with van der Waals surface area (Å²) in [6.07, 6.45) is 22.8. The molecule has 0 fully saturated rings. The Bertz CT molecular complexity index is 571. The van der Waals surface area contributed by atoms with Crippen molar-refractivity contribution in [3.63, 3.8) is 0 Å². The molecular weight excluding hydrogens is 420 g/mol. The van der Waals surface area contributed by atoms with E-state index in [0.29, 0.717) is 6.61 Å². The summed E-state index contributed by atoms with van der Waals surface area (Å²) in [5, 5.41) is 10.0. The van der Waals surface area contributed by atoms with E-state index in [9.17, 15) is 9.90 Å². The molecule has 1 aromatic rings. The highest BCUT2D eigenvalue weighted by atomic mass is 16.5. The van der Waals surface area contributed by atoms with Crippen LogP contribution in [0, 0.1) is 5.92 Å². The maximum absolute atomic E-state index is 12.2. The number of hydrogen-bond donors (Lipinski definition) is 1. The van der Waals surface area contributed by atoms with Crippen molar-refractivity contribution in [2.45, 2.75) is 149 Å². The van der Waals surface area contributed by atoms with Crippen LogP contribution in [-0.4, -0.2) is 17.2 Å². The summed E-state index contributed by atoms with van der Waals surface area (Å²) < 4.78 is 6.27. The highest BCUT2D eigenvalue weighted by Crippen LogP contribution is 2.24. The second kappa shape index (κ2) is 22.1. The Morgan fingerprint density at radius 2 is 1.12 bits per heavy atom. The number of rotatable bonds is 24. The SMILES string of the molecule is CCCCCCCCCCC[C@H](OCc1ccccc1)[C@H](CCCCCCCCCC)C(=O)O. The van der Waals surface area contributed by atoms with Crippen LogP contribution in [0.25, 0.3) is 0 Å². The van der Waals surface area contributed by atoms with E-state index in [0.717, 1.165) is 37.7 Å². The Labute approximate surface area is 211 Å². The van der Waals surface area contributed by atoms with E-state index in [1.165, 1.54) is 89.9 Å². The van der Waals surface area contributed by atoms with Crippen molar-refractivity contribution in [3.05, 3.63) is 35.9 Å². The molecule has 0 amide bonds. The van der Waals surface area contributed by atoms with E-state index in [4.69, 9.17) is 4.74 Å². The first-order valence-corrected chi connectivity index (χ1v) is 14.6.